The van der Waals surface area contributed by atoms with Crippen LogP contribution in [0.3, 0.4) is 0 Å². The van der Waals surface area contributed by atoms with Crippen molar-refractivity contribution in [3.05, 3.63) is 34.3 Å². The van der Waals surface area contributed by atoms with E-state index >= 15 is 0 Å². The van der Waals surface area contributed by atoms with Crippen LogP contribution >= 0.6 is 15.9 Å². The molecule has 84 valence electrons. The normalized spacial score (nSPS) is 14.9. The molecule has 1 aromatic carbocycles. The van der Waals surface area contributed by atoms with Gasteiger partial charge in [0, 0.05) is 10.9 Å². The molecular formula is C12H18BrNO. The minimum absolute atomic E-state index is 0.635. The van der Waals surface area contributed by atoms with Gasteiger partial charge in [-0.1, -0.05) is 28.1 Å². The molecule has 1 unspecified atom stereocenters. The molecule has 0 saturated heterocycles. The number of rotatable bonds is 5. The Kier molecular flexibility index (Phi) is 4.77. The Morgan fingerprint density at radius 2 is 2.20 bits per heavy atom. The predicted molar refractivity (Wildman–Crippen MR) is 67.0 cm³/mol. The molecular weight excluding hydrogens is 254 g/mol. The third-order valence-electron chi connectivity index (χ3n) is 2.39. The van der Waals surface area contributed by atoms with Gasteiger partial charge in [0.05, 0.1) is 5.60 Å². The first-order valence-electron chi connectivity index (χ1n) is 5.15. The highest BCUT2D eigenvalue weighted by atomic mass is 79.9. The third kappa shape index (κ3) is 4.78. The first-order valence-corrected chi connectivity index (χ1v) is 5.94. The van der Waals surface area contributed by atoms with Crippen LogP contribution in [0, 0.1) is 0 Å². The van der Waals surface area contributed by atoms with Crippen molar-refractivity contribution in [3.8, 4) is 0 Å². The molecule has 2 N–H and O–H groups in total. The van der Waals surface area contributed by atoms with Gasteiger partial charge < -0.3 is 10.4 Å². The van der Waals surface area contributed by atoms with Crippen LogP contribution in [-0.2, 0) is 6.42 Å². The Bertz CT molecular complexity index is 312. The molecule has 2 nitrogen and oxygen atoms in total. The number of nitrogens with one attached hydrogen (secondary N) is 1. The van der Waals surface area contributed by atoms with Crippen LogP contribution in [-0.4, -0.2) is 24.3 Å². The quantitative estimate of drug-likeness (QED) is 0.862. The summed E-state index contributed by atoms with van der Waals surface area (Å²) in [6.07, 6.45) is 1.45. The van der Waals surface area contributed by atoms with E-state index in [0.29, 0.717) is 6.42 Å². The van der Waals surface area contributed by atoms with Crippen molar-refractivity contribution in [2.45, 2.75) is 25.4 Å². The second-order valence-corrected chi connectivity index (χ2v) is 5.07. The van der Waals surface area contributed by atoms with Crippen molar-refractivity contribution < 1.29 is 5.11 Å². The fourth-order valence-corrected chi connectivity index (χ4v) is 2.02. The summed E-state index contributed by atoms with van der Waals surface area (Å²) < 4.78 is 1.06. The lowest BCUT2D eigenvalue weighted by Crippen LogP contribution is -2.31. The molecule has 0 heterocycles. The van der Waals surface area contributed by atoms with Gasteiger partial charge in [0.25, 0.3) is 0 Å². The Morgan fingerprint density at radius 3 is 2.80 bits per heavy atom. The standard InChI is InChI=1S/C12H18BrNO/c1-12(15,6-7-14-2)9-10-4-3-5-11(13)8-10/h3-5,8,14-15H,6-7,9H2,1-2H3. The number of hydrogen-bond donors (Lipinski definition) is 2. The summed E-state index contributed by atoms with van der Waals surface area (Å²) in [5, 5.41) is 13.2. The van der Waals surface area contributed by atoms with Crippen LogP contribution in [0.5, 0.6) is 0 Å². The summed E-state index contributed by atoms with van der Waals surface area (Å²) in [5.74, 6) is 0. The first-order chi connectivity index (χ1) is 7.03. The minimum atomic E-state index is -0.635. The lowest BCUT2D eigenvalue weighted by molar-refractivity contribution is 0.0520. The fraction of sp³-hybridized carbons (Fsp3) is 0.500. The van der Waals surface area contributed by atoms with E-state index in [1.807, 2.05) is 38.2 Å². The van der Waals surface area contributed by atoms with Gasteiger partial charge in [0.1, 0.15) is 0 Å². The van der Waals surface area contributed by atoms with Gasteiger partial charge in [-0.15, -0.1) is 0 Å². The molecule has 0 bridgehead atoms. The van der Waals surface area contributed by atoms with Crippen LogP contribution in [0.25, 0.3) is 0 Å². The Balaban J connectivity index is 2.60. The van der Waals surface area contributed by atoms with Gasteiger partial charge in [-0.05, 0) is 44.6 Å². The van der Waals surface area contributed by atoms with Crippen molar-refractivity contribution in [2.24, 2.45) is 0 Å². The van der Waals surface area contributed by atoms with E-state index in [0.717, 1.165) is 23.0 Å². The van der Waals surface area contributed by atoms with Gasteiger partial charge in [0.15, 0.2) is 0 Å². The van der Waals surface area contributed by atoms with Crippen molar-refractivity contribution in [3.63, 3.8) is 0 Å². The zero-order chi connectivity index (χ0) is 11.3. The van der Waals surface area contributed by atoms with Crippen LogP contribution < -0.4 is 5.32 Å². The SMILES string of the molecule is CNCCC(C)(O)Cc1cccc(Br)c1. The molecule has 1 rings (SSSR count). The van der Waals surface area contributed by atoms with Crippen LogP contribution in [0.4, 0.5) is 0 Å². The second kappa shape index (κ2) is 5.64. The van der Waals surface area contributed by atoms with Crippen LogP contribution in [0.15, 0.2) is 28.7 Å². The van der Waals surface area contributed by atoms with Crippen molar-refractivity contribution in [1.82, 2.24) is 5.32 Å². The molecule has 0 amide bonds. The lowest BCUT2D eigenvalue weighted by atomic mass is 9.93. The monoisotopic (exact) mass is 271 g/mol. The Hall–Kier alpha value is -0.380. The van der Waals surface area contributed by atoms with Gasteiger partial charge in [0.2, 0.25) is 0 Å². The zero-order valence-electron chi connectivity index (χ0n) is 9.26. The summed E-state index contributed by atoms with van der Waals surface area (Å²) in [6.45, 7) is 2.71. The molecule has 0 aliphatic carbocycles. The van der Waals surface area contributed by atoms with Gasteiger partial charge in [-0.25, -0.2) is 0 Å². The maximum atomic E-state index is 10.1. The van der Waals surface area contributed by atoms with E-state index in [9.17, 15) is 5.11 Å². The molecule has 0 fully saturated rings. The minimum Gasteiger partial charge on any atom is -0.390 e. The highest BCUT2D eigenvalue weighted by Gasteiger charge is 2.19. The molecule has 0 radical (unpaired) electrons. The number of hydrogen-bond acceptors (Lipinski definition) is 2. The van der Waals surface area contributed by atoms with E-state index in [1.165, 1.54) is 0 Å². The average Bonchev–Trinajstić information content (AvgIpc) is 2.14. The maximum absolute atomic E-state index is 10.1. The number of halogens is 1. The molecule has 3 heteroatoms. The largest absolute Gasteiger partial charge is 0.390 e. The molecule has 0 aliphatic heterocycles. The molecule has 1 atom stereocenters. The number of aliphatic hydroxyl groups is 1. The molecule has 0 aromatic heterocycles. The molecule has 0 saturated carbocycles. The zero-order valence-corrected chi connectivity index (χ0v) is 10.8. The highest BCUT2D eigenvalue weighted by Crippen LogP contribution is 2.19. The van der Waals surface area contributed by atoms with Crippen molar-refractivity contribution >= 4 is 15.9 Å². The lowest BCUT2D eigenvalue weighted by Gasteiger charge is -2.23. The van der Waals surface area contributed by atoms with Crippen molar-refractivity contribution in [1.29, 1.82) is 0 Å². The van der Waals surface area contributed by atoms with E-state index in [-0.39, 0.29) is 0 Å². The topological polar surface area (TPSA) is 32.3 Å². The second-order valence-electron chi connectivity index (χ2n) is 4.16. The highest BCUT2D eigenvalue weighted by molar-refractivity contribution is 9.10. The Morgan fingerprint density at radius 1 is 1.47 bits per heavy atom. The molecule has 0 spiro atoms. The van der Waals surface area contributed by atoms with E-state index in [1.54, 1.807) is 0 Å². The summed E-state index contributed by atoms with van der Waals surface area (Å²) in [6, 6.07) is 8.08. The fourth-order valence-electron chi connectivity index (χ4n) is 1.57. The van der Waals surface area contributed by atoms with Crippen molar-refractivity contribution in [2.75, 3.05) is 13.6 Å². The molecule has 1 aromatic rings. The summed E-state index contributed by atoms with van der Waals surface area (Å²) in [5.41, 5.74) is 0.523. The third-order valence-corrected chi connectivity index (χ3v) is 2.88. The summed E-state index contributed by atoms with van der Waals surface area (Å²) in [4.78, 5) is 0. The van der Waals surface area contributed by atoms with E-state index in [4.69, 9.17) is 0 Å². The van der Waals surface area contributed by atoms with Crippen LogP contribution in [0.1, 0.15) is 18.9 Å². The smallest absolute Gasteiger partial charge is 0.0672 e. The van der Waals surface area contributed by atoms with E-state index in [2.05, 4.69) is 21.2 Å². The molecule has 15 heavy (non-hydrogen) atoms. The molecule has 0 aliphatic rings. The maximum Gasteiger partial charge on any atom is 0.0672 e. The average molecular weight is 272 g/mol. The first kappa shape index (κ1) is 12.7. The predicted octanol–water partition coefficient (Wildman–Crippen LogP) is 2.35. The Labute approximate surface area is 99.8 Å². The van der Waals surface area contributed by atoms with Crippen LogP contribution in [0.2, 0.25) is 0 Å². The number of benzene rings is 1. The van der Waals surface area contributed by atoms with Gasteiger partial charge in [-0.3, -0.25) is 0 Å². The summed E-state index contributed by atoms with van der Waals surface area (Å²) >= 11 is 3.43. The van der Waals surface area contributed by atoms with E-state index < -0.39 is 5.60 Å². The van der Waals surface area contributed by atoms with Gasteiger partial charge in [-0.2, -0.15) is 0 Å². The summed E-state index contributed by atoms with van der Waals surface area (Å²) in [7, 11) is 1.90. The van der Waals surface area contributed by atoms with Gasteiger partial charge >= 0.3 is 0 Å².